The van der Waals surface area contributed by atoms with Gasteiger partial charge in [0.1, 0.15) is 11.6 Å². The summed E-state index contributed by atoms with van der Waals surface area (Å²) < 4.78 is 18.4. The normalized spacial score (nSPS) is 10.6. The fraction of sp³-hybridized carbons (Fsp3) is 0.167. The SMILES string of the molecule is CCC(=O)Nc1nc(-c2ccc(O)cc2Cc2cccc(F)c2)no1. The minimum atomic E-state index is -0.330. The maximum Gasteiger partial charge on any atom is 0.328 e. The Morgan fingerprint density at radius 1 is 1.28 bits per heavy atom. The summed E-state index contributed by atoms with van der Waals surface area (Å²) in [4.78, 5) is 15.6. The zero-order valence-corrected chi connectivity index (χ0v) is 13.5. The van der Waals surface area contributed by atoms with Gasteiger partial charge in [0, 0.05) is 12.0 Å². The summed E-state index contributed by atoms with van der Waals surface area (Å²) in [6.45, 7) is 1.71. The van der Waals surface area contributed by atoms with Gasteiger partial charge >= 0.3 is 6.01 Å². The van der Waals surface area contributed by atoms with Gasteiger partial charge in [-0.1, -0.05) is 24.2 Å². The van der Waals surface area contributed by atoms with Crippen LogP contribution in [0.5, 0.6) is 5.75 Å². The van der Waals surface area contributed by atoms with Gasteiger partial charge in [0.25, 0.3) is 0 Å². The highest BCUT2D eigenvalue weighted by atomic mass is 19.1. The Morgan fingerprint density at radius 2 is 2.12 bits per heavy atom. The van der Waals surface area contributed by atoms with E-state index in [-0.39, 0.29) is 29.3 Å². The topological polar surface area (TPSA) is 88.2 Å². The Morgan fingerprint density at radius 3 is 2.88 bits per heavy atom. The quantitative estimate of drug-likeness (QED) is 0.741. The van der Waals surface area contributed by atoms with Crippen LogP contribution >= 0.6 is 0 Å². The number of carbonyl (C=O) groups is 1. The molecule has 3 rings (SSSR count). The number of hydrogen-bond acceptors (Lipinski definition) is 5. The van der Waals surface area contributed by atoms with Gasteiger partial charge < -0.3 is 9.63 Å². The summed E-state index contributed by atoms with van der Waals surface area (Å²) in [5, 5.41) is 16.1. The van der Waals surface area contributed by atoms with Gasteiger partial charge in [0.15, 0.2) is 0 Å². The molecule has 0 aliphatic carbocycles. The van der Waals surface area contributed by atoms with E-state index in [4.69, 9.17) is 4.52 Å². The molecule has 1 amide bonds. The van der Waals surface area contributed by atoms with E-state index in [0.29, 0.717) is 24.0 Å². The third-order valence-corrected chi connectivity index (χ3v) is 3.61. The number of anilines is 1. The highest BCUT2D eigenvalue weighted by molar-refractivity contribution is 5.88. The van der Waals surface area contributed by atoms with Crippen LogP contribution in [0.2, 0.25) is 0 Å². The molecule has 0 saturated heterocycles. The van der Waals surface area contributed by atoms with Crippen molar-refractivity contribution < 1.29 is 18.8 Å². The fourth-order valence-electron chi connectivity index (χ4n) is 2.40. The van der Waals surface area contributed by atoms with Gasteiger partial charge in [-0.05, 0) is 47.9 Å². The van der Waals surface area contributed by atoms with Crippen LogP contribution in [0.3, 0.4) is 0 Å². The van der Waals surface area contributed by atoms with E-state index < -0.39 is 0 Å². The van der Waals surface area contributed by atoms with Crippen LogP contribution in [0.15, 0.2) is 47.0 Å². The van der Waals surface area contributed by atoms with E-state index in [1.54, 1.807) is 31.2 Å². The van der Waals surface area contributed by atoms with Crippen molar-refractivity contribution >= 4 is 11.9 Å². The number of halogens is 1. The first kappa shape index (κ1) is 16.6. The molecule has 0 spiro atoms. The van der Waals surface area contributed by atoms with Crippen LogP contribution in [0, 0.1) is 5.82 Å². The molecule has 0 radical (unpaired) electrons. The molecule has 0 aliphatic heterocycles. The minimum absolute atomic E-state index is 0.00614. The zero-order chi connectivity index (χ0) is 17.8. The summed E-state index contributed by atoms with van der Waals surface area (Å²) >= 11 is 0. The summed E-state index contributed by atoms with van der Waals surface area (Å²) in [5.74, 6) is -0.208. The number of aromatic hydroxyl groups is 1. The number of phenolic OH excluding ortho intramolecular Hbond substituents is 1. The van der Waals surface area contributed by atoms with Crippen molar-refractivity contribution in [3.63, 3.8) is 0 Å². The lowest BCUT2D eigenvalue weighted by atomic mass is 9.99. The second-order valence-corrected chi connectivity index (χ2v) is 5.47. The maximum absolute atomic E-state index is 13.4. The van der Waals surface area contributed by atoms with E-state index in [2.05, 4.69) is 15.5 Å². The average Bonchev–Trinajstić information content (AvgIpc) is 3.03. The van der Waals surface area contributed by atoms with Gasteiger partial charge in [0.2, 0.25) is 11.7 Å². The molecule has 25 heavy (non-hydrogen) atoms. The van der Waals surface area contributed by atoms with E-state index in [9.17, 15) is 14.3 Å². The van der Waals surface area contributed by atoms with Crippen LogP contribution in [0.4, 0.5) is 10.4 Å². The lowest BCUT2D eigenvalue weighted by molar-refractivity contribution is -0.116. The van der Waals surface area contributed by atoms with E-state index >= 15 is 0 Å². The van der Waals surface area contributed by atoms with Crippen molar-refractivity contribution in [1.29, 1.82) is 0 Å². The second kappa shape index (κ2) is 7.12. The summed E-state index contributed by atoms with van der Waals surface area (Å²) in [6.07, 6.45) is 0.675. The van der Waals surface area contributed by atoms with Crippen LogP contribution in [0.25, 0.3) is 11.4 Å². The van der Waals surface area contributed by atoms with Crippen molar-refractivity contribution in [2.24, 2.45) is 0 Å². The molecule has 6 nitrogen and oxygen atoms in total. The van der Waals surface area contributed by atoms with Crippen molar-refractivity contribution in [1.82, 2.24) is 10.1 Å². The van der Waals surface area contributed by atoms with Crippen LogP contribution < -0.4 is 5.32 Å². The van der Waals surface area contributed by atoms with Crippen molar-refractivity contribution in [2.45, 2.75) is 19.8 Å². The molecule has 3 aromatic rings. The number of nitrogens with zero attached hydrogens (tertiary/aromatic N) is 2. The molecule has 0 bridgehead atoms. The predicted octanol–water partition coefficient (Wildman–Crippen LogP) is 3.52. The molecule has 128 valence electrons. The minimum Gasteiger partial charge on any atom is -0.508 e. The predicted molar refractivity (Wildman–Crippen MR) is 89.5 cm³/mol. The zero-order valence-electron chi connectivity index (χ0n) is 13.5. The first-order valence-electron chi connectivity index (χ1n) is 7.75. The Labute approximate surface area is 143 Å². The Balaban J connectivity index is 1.93. The Kier molecular flexibility index (Phi) is 4.74. The van der Waals surface area contributed by atoms with Gasteiger partial charge in [0.05, 0.1) is 0 Å². The number of aromatic nitrogens is 2. The average molecular weight is 341 g/mol. The number of phenols is 1. The highest BCUT2D eigenvalue weighted by Crippen LogP contribution is 2.28. The second-order valence-electron chi connectivity index (χ2n) is 5.47. The Hall–Kier alpha value is -3.22. The molecule has 0 saturated carbocycles. The molecular weight excluding hydrogens is 325 g/mol. The molecule has 0 atom stereocenters. The molecule has 2 N–H and O–H groups in total. The lowest BCUT2D eigenvalue weighted by Crippen LogP contribution is -2.09. The third-order valence-electron chi connectivity index (χ3n) is 3.61. The summed E-state index contributed by atoms with van der Waals surface area (Å²) in [5.41, 5.74) is 2.08. The van der Waals surface area contributed by atoms with Gasteiger partial charge in [-0.15, -0.1) is 0 Å². The smallest absolute Gasteiger partial charge is 0.328 e. The van der Waals surface area contributed by atoms with Crippen LogP contribution in [-0.4, -0.2) is 21.2 Å². The molecule has 7 heteroatoms. The van der Waals surface area contributed by atoms with Gasteiger partial charge in [-0.3, -0.25) is 10.1 Å². The largest absolute Gasteiger partial charge is 0.508 e. The maximum atomic E-state index is 13.4. The standard InChI is InChI=1S/C18H16FN3O3/c1-2-16(24)20-18-21-17(22-25-18)15-7-6-14(23)10-12(15)8-11-4-3-5-13(19)9-11/h3-7,9-10,23H,2,8H2,1H3,(H,20,21,22,24). The van der Waals surface area contributed by atoms with Crippen molar-refractivity contribution in [2.75, 3.05) is 5.32 Å². The van der Waals surface area contributed by atoms with E-state index in [1.807, 2.05) is 0 Å². The number of carbonyl (C=O) groups excluding carboxylic acids is 1. The summed E-state index contributed by atoms with van der Waals surface area (Å²) in [7, 11) is 0. The first-order chi connectivity index (χ1) is 12.0. The van der Waals surface area contributed by atoms with Gasteiger partial charge in [-0.25, -0.2) is 4.39 Å². The monoisotopic (exact) mass is 341 g/mol. The van der Waals surface area contributed by atoms with E-state index in [1.165, 1.54) is 18.2 Å². The van der Waals surface area contributed by atoms with E-state index in [0.717, 1.165) is 5.56 Å². The van der Waals surface area contributed by atoms with Crippen LogP contribution in [0.1, 0.15) is 24.5 Å². The molecule has 0 fully saturated rings. The number of amides is 1. The van der Waals surface area contributed by atoms with Gasteiger partial charge in [-0.2, -0.15) is 4.98 Å². The molecule has 2 aromatic carbocycles. The third kappa shape index (κ3) is 4.00. The van der Waals surface area contributed by atoms with Crippen LogP contribution in [-0.2, 0) is 11.2 Å². The van der Waals surface area contributed by atoms with Crippen molar-refractivity contribution in [3.8, 4) is 17.1 Å². The first-order valence-corrected chi connectivity index (χ1v) is 7.75. The molecule has 0 unspecified atom stereocenters. The Bertz CT molecular complexity index is 908. The number of hydrogen-bond donors (Lipinski definition) is 2. The molecular formula is C18H16FN3O3. The van der Waals surface area contributed by atoms with Crippen molar-refractivity contribution in [3.05, 3.63) is 59.4 Å². The lowest BCUT2D eigenvalue weighted by Gasteiger charge is -2.08. The number of rotatable bonds is 5. The number of nitrogens with one attached hydrogen (secondary N) is 1. The fourth-order valence-corrected chi connectivity index (χ4v) is 2.40. The molecule has 1 aromatic heterocycles. The molecule has 1 heterocycles. The highest BCUT2D eigenvalue weighted by Gasteiger charge is 2.15. The molecule has 0 aliphatic rings. The summed E-state index contributed by atoms with van der Waals surface area (Å²) in [6, 6.07) is 10.9. The number of benzene rings is 2.